The van der Waals surface area contributed by atoms with Crippen molar-refractivity contribution in [3.05, 3.63) is 29.3 Å². The van der Waals surface area contributed by atoms with Crippen molar-refractivity contribution in [1.82, 2.24) is 0 Å². The molecule has 100 valence electrons. The molecule has 2 nitrogen and oxygen atoms in total. The highest BCUT2D eigenvalue weighted by Crippen LogP contribution is 2.37. The van der Waals surface area contributed by atoms with Crippen LogP contribution in [-0.2, 0) is 6.42 Å². The maximum absolute atomic E-state index is 6.31. The Morgan fingerprint density at radius 3 is 2.61 bits per heavy atom. The highest BCUT2D eigenvalue weighted by Gasteiger charge is 2.29. The SMILES string of the molecule is CC(C)(C)Cc1ccc2c(c1)[C@H](N)CC(C)(C)N2. The molecule has 2 rings (SSSR count). The number of anilines is 1. The van der Waals surface area contributed by atoms with Gasteiger partial charge in [0.05, 0.1) is 0 Å². The van der Waals surface area contributed by atoms with Gasteiger partial charge in [-0.25, -0.2) is 0 Å². The number of fused-ring (bicyclic) bond motifs is 1. The van der Waals surface area contributed by atoms with E-state index in [1.165, 1.54) is 16.8 Å². The van der Waals surface area contributed by atoms with Crippen LogP contribution < -0.4 is 11.1 Å². The summed E-state index contributed by atoms with van der Waals surface area (Å²) in [4.78, 5) is 0. The van der Waals surface area contributed by atoms with E-state index in [-0.39, 0.29) is 11.6 Å². The summed E-state index contributed by atoms with van der Waals surface area (Å²) in [6, 6.07) is 6.85. The van der Waals surface area contributed by atoms with Crippen LogP contribution in [0.15, 0.2) is 18.2 Å². The molecule has 18 heavy (non-hydrogen) atoms. The molecule has 0 spiro atoms. The van der Waals surface area contributed by atoms with Crippen molar-refractivity contribution in [3.8, 4) is 0 Å². The zero-order valence-corrected chi connectivity index (χ0v) is 12.3. The fourth-order valence-electron chi connectivity index (χ4n) is 2.83. The summed E-state index contributed by atoms with van der Waals surface area (Å²) in [6.07, 6.45) is 2.08. The molecule has 1 atom stereocenters. The highest BCUT2D eigenvalue weighted by molar-refractivity contribution is 5.58. The lowest BCUT2D eigenvalue weighted by Crippen LogP contribution is -2.39. The van der Waals surface area contributed by atoms with Crippen molar-refractivity contribution < 1.29 is 0 Å². The standard InChI is InChI=1S/C16H26N2/c1-15(2,3)9-11-6-7-14-12(8-11)13(17)10-16(4,5)18-14/h6-8,13,18H,9-10,17H2,1-5H3/t13-/m1/s1. The van der Waals surface area contributed by atoms with E-state index in [2.05, 4.69) is 58.1 Å². The summed E-state index contributed by atoms with van der Waals surface area (Å²) in [5.41, 5.74) is 10.6. The average Bonchev–Trinajstić information content (AvgIpc) is 2.15. The molecule has 0 radical (unpaired) electrons. The lowest BCUT2D eigenvalue weighted by atomic mass is 9.83. The van der Waals surface area contributed by atoms with E-state index in [1.807, 2.05) is 0 Å². The van der Waals surface area contributed by atoms with Gasteiger partial charge in [-0.15, -0.1) is 0 Å². The zero-order valence-electron chi connectivity index (χ0n) is 12.3. The predicted molar refractivity (Wildman–Crippen MR) is 78.8 cm³/mol. The van der Waals surface area contributed by atoms with Crippen molar-refractivity contribution in [1.29, 1.82) is 0 Å². The molecule has 1 aromatic carbocycles. The molecule has 3 N–H and O–H groups in total. The number of hydrogen-bond donors (Lipinski definition) is 2. The molecule has 0 bridgehead atoms. The molecule has 0 aliphatic carbocycles. The van der Waals surface area contributed by atoms with Gasteiger partial charge >= 0.3 is 0 Å². The molecule has 1 aliphatic rings. The number of rotatable bonds is 1. The van der Waals surface area contributed by atoms with E-state index in [0.717, 1.165) is 12.8 Å². The lowest BCUT2D eigenvalue weighted by molar-refractivity contribution is 0.409. The molecule has 1 aliphatic heterocycles. The maximum Gasteiger partial charge on any atom is 0.0392 e. The predicted octanol–water partition coefficient (Wildman–Crippen LogP) is 3.87. The Balaban J connectivity index is 2.30. The van der Waals surface area contributed by atoms with E-state index in [9.17, 15) is 0 Å². The quantitative estimate of drug-likeness (QED) is 0.789. The van der Waals surface area contributed by atoms with E-state index < -0.39 is 0 Å². The van der Waals surface area contributed by atoms with E-state index in [0.29, 0.717) is 5.41 Å². The van der Waals surface area contributed by atoms with Crippen LogP contribution in [-0.4, -0.2) is 5.54 Å². The van der Waals surface area contributed by atoms with Crippen LogP contribution in [0, 0.1) is 5.41 Å². The van der Waals surface area contributed by atoms with Gasteiger partial charge in [0.2, 0.25) is 0 Å². The van der Waals surface area contributed by atoms with Crippen molar-refractivity contribution >= 4 is 5.69 Å². The minimum atomic E-state index is 0.0952. The van der Waals surface area contributed by atoms with Crippen LogP contribution in [0.2, 0.25) is 0 Å². The number of benzene rings is 1. The van der Waals surface area contributed by atoms with Crippen LogP contribution in [0.3, 0.4) is 0 Å². The van der Waals surface area contributed by atoms with Crippen LogP contribution in [0.4, 0.5) is 5.69 Å². The van der Waals surface area contributed by atoms with Gasteiger partial charge < -0.3 is 11.1 Å². The van der Waals surface area contributed by atoms with Crippen molar-refractivity contribution in [2.45, 2.75) is 59.0 Å². The summed E-state index contributed by atoms with van der Waals surface area (Å²) in [7, 11) is 0. The minimum absolute atomic E-state index is 0.0952. The fourth-order valence-corrected chi connectivity index (χ4v) is 2.83. The number of hydrogen-bond acceptors (Lipinski definition) is 2. The molecule has 0 fully saturated rings. The van der Waals surface area contributed by atoms with Crippen LogP contribution in [0.1, 0.15) is 58.2 Å². The zero-order chi connectivity index (χ0) is 13.6. The smallest absolute Gasteiger partial charge is 0.0392 e. The summed E-state index contributed by atoms with van der Waals surface area (Å²) in [5.74, 6) is 0. The molecule has 0 unspecified atom stereocenters. The van der Waals surface area contributed by atoms with Crippen molar-refractivity contribution in [2.24, 2.45) is 11.1 Å². The Bertz CT molecular complexity index is 441. The molecule has 1 aromatic rings. The van der Waals surface area contributed by atoms with Crippen LogP contribution in [0.25, 0.3) is 0 Å². The third-order valence-corrected chi connectivity index (χ3v) is 3.45. The first-order valence-corrected chi connectivity index (χ1v) is 6.83. The summed E-state index contributed by atoms with van der Waals surface area (Å²) in [5, 5.41) is 3.58. The van der Waals surface area contributed by atoms with Crippen LogP contribution >= 0.6 is 0 Å². The number of nitrogens with two attached hydrogens (primary N) is 1. The second-order valence-corrected chi connectivity index (χ2v) is 7.48. The first-order chi connectivity index (χ1) is 8.16. The van der Waals surface area contributed by atoms with Crippen LogP contribution in [0.5, 0.6) is 0 Å². The largest absolute Gasteiger partial charge is 0.380 e. The number of nitrogens with one attached hydrogen (secondary N) is 1. The fraction of sp³-hybridized carbons (Fsp3) is 0.625. The third kappa shape index (κ3) is 3.05. The second kappa shape index (κ2) is 4.27. The van der Waals surface area contributed by atoms with Gasteiger partial charge in [0.15, 0.2) is 0 Å². The topological polar surface area (TPSA) is 38.0 Å². The molecule has 0 saturated carbocycles. The molecule has 1 heterocycles. The van der Waals surface area contributed by atoms with Gasteiger partial charge in [0, 0.05) is 17.3 Å². The summed E-state index contributed by atoms with van der Waals surface area (Å²) in [6.45, 7) is 11.2. The molecular formula is C16H26N2. The third-order valence-electron chi connectivity index (χ3n) is 3.45. The van der Waals surface area contributed by atoms with E-state index in [4.69, 9.17) is 5.73 Å². The Morgan fingerprint density at radius 1 is 1.33 bits per heavy atom. The second-order valence-electron chi connectivity index (χ2n) is 7.48. The van der Waals surface area contributed by atoms with Gasteiger partial charge in [0.25, 0.3) is 0 Å². The van der Waals surface area contributed by atoms with Gasteiger partial charge in [0.1, 0.15) is 0 Å². The molecular weight excluding hydrogens is 220 g/mol. The highest BCUT2D eigenvalue weighted by atomic mass is 15.0. The maximum atomic E-state index is 6.31. The lowest BCUT2D eigenvalue weighted by Gasteiger charge is -2.37. The Hall–Kier alpha value is -1.02. The normalized spacial score (nSPS) is 22.2. The Kier molecular flexibility index (Phi) is 3.18. The monoisotopic (exact) mass is 246 g/mol. The van der Waals surface area contributed by atoms with Crippen molar-refractivity contribution in [2.75, 3.05) is 5.32 Å². The average molecular weight is 246 g/mol. The van der Waals surface area contributed by atoms with Crippen molar-refractivity contribution in [3.63, 3.8) is 0 Å². The van der Waals surface area contributed by atoms with Gasteiger partial charge in [-0.1, -0.05) is 32.9 Å². The molecule has 2 heteroatoms. The molecule has 0 amide bonds. The first-order valence-electron chi connectivity index (χ1n) is 6.83. The van der Waals surface area contributed by atoms with E-state index >= 15 is 0 Å². The Morgan fingerprint density at radius 2 is 2.00 bits per heavy atom. The minimum Gasteiger partial charge on any atom is -0.380 e. The Labute approximate surface area is 111 Å². The molecule has 0 aromatic heterocycles. The summed E-state index contributed by atoms with van der Waals surface area (Å²) >= 11 is 0. The van der Waals surface area contributed by atoms with E-state index in [1.54, 1.807) is 0 Å². The van der Waals surface area contributed by atoms with Gasteiger partial charge in [-0.2, -0.15) is 0 Å². The molecule has 0 saturated heterocycles. The summed E-state index contributed by atoms with van der Waals surface area (Å²) < 4.78 is 0. The van der Waals surface area contributed by atoms with Gasteiger partial charge in [-0.3, -0.25) is 0 Å². The van der Waals surface area contributed by atoms with Gasteiger partial charge in [-0.05, 0) is 49.3 Å². The first kappa shape index (κ1) is 13.4.